The zero-order valence-corrected chi connectivity index (χ0v) is 24.0. The number of carboxylic acid groups (broad SMARTS) is 1. The minimum atomic E-state index is -1.42. The number of carboxylic acids is 1. The van der Waals surface area contributed by atoms with Crippen molar-refractivity contribution >= 4 is 18.0 Å². The summed E-state index contributed by atoms with van der Waals surface area (Å²) in [6.07, 6.45) is -0.149. The zero-order chi connectivity index (χ0) is 29.2. The molecule has 1 aliphatic rings. The van der Waals surface area contributed by atoms with E-state index in [0.717, 1.165) is 39.2 Å². The van der Waals surface area contributed by atoms with Gasteiger partial charge in [0, 0.05) is 48.1 Å². The number of rotatable bonds is 9. The maximum atomic E-state index is 13.6. The molecule has 0 saturated carbocycles. The zero-order valence-electron chi connectivity index (χ0n) is 24.0. The molecule has 1 aliphatic heterocycles. The second-order valence-corrected chi connectivity index (χ2v) is 11.2. The molecular formula is C32H37FN2O5. The number of hydrogen-bond donors (Lipinski definition) is 1. The van der Waals surface area contributed by atoms with E-state index in [1.165, 1.54) is 17.0 Å². The number of ether oxygens (including phenoxy) is 2. The molecule has 0 radical (unpaired) electrons. The van der Waals surface area contributed by atoms with E-state index in [1.807, 2.05) is 38.1 Å². The van der Waals surface area contributed by atoms with Gasteiger partial charge < -0.3 is 24.0 Å². The molecule has 0 aliphatic carbocycles. The van der Waals surface area contributed by atoms with Crippen molar-refractivity contribution in [3.8, 4) is 0 Å². The number of benzene rings is 2. The first kappa shape index (κ1) is 29.2. The molecule has 1 aromatic heterocycles. The summed E-state index contributed by atoms with van der Waals surface area (Å²) in [4.78, 5) is 26.3. The Morgan fingerprint density at radius 2 is 1.80 bits per heavy atom. The van der Waals surface area contributed by atoms with E-state index in [2.05, 4.69) is 4.57 Å². The fourth-order valence-corrected chi connectivity index (χ4v) is 5.23. The lowest BCUT2D eigenvalue weighted by atomic mass is 9.89. The largest absolute Gasteiger partial charge is 0.479 e. The third kappa shape index (κ3) is 6.18. The molecule has 40 heavy (non-hydrogen) atoms. The van der Waals surface area contributed by atoms with E-state index < -0.39 is 17.7 Å². The molecule has 0 fully saturated rings. The van der Waals surface area contributed by atoms with Crippen LogP contribution in [0.1, 0.15) is 60.0 Å². The monoisotopic (exact) mass is 548 g/mol. The van der Waals surface area contributed by atoms with Gasteiger partial charge in [-0.3, -0.25) is 4.79 Å². The highest BCUT2D eigenvalue weighted by Crippen LogP contribution is 2.40. The molecule has 1 unspecified atom stereocenters. The summed E-state index contributed by atoms with van der Waals surface area (Å²) in [6, 6.07) is 14.2. The molecule has 3 aromatic rings. The summed E-state index contributed by atoms with van der Waals surface area (Å²) >= 11 is 0. The van der Waals surface area contributed by atoms with Crippen LogP contribution in [0, 0.1) is 19.7 Å². The van der Waals surface area contributed by atoms with Crippen LogP contribution in [0.25, 0.3) is 5.57 Å². The maximum absolute atomic E-state index is 13.6. The Hall–Kier alpha value is -3.75. The van der Waals surface area contributed by atoms with Crippen LogP contribution in [0.5, 0.6) is 0 Å². The number of carbonyl (C=O) groups excluding carboxylic acids is 1. The Morgan fingerprint density at radius 1 is 1.15 bits per heavy atom. The summed E-state index contributed by atoms with van der Waals surface area (Å²) in [5.74, 6) is -1.49. The number of carbonyl (C=O) groups is 2. The van der Waals surface area contributed by atoms with Gasteiger partial charge in [-0.1, -0.05) is 42.0 Å². The van der Waals surface area contributed by atoms with Gasteiger partial charge in [-0.05, 0) is 57.9 Å². The third-order valence-electron chi connectivity index (χ3n) is 7.05. The van der Waals surface area contributed by atoms with Crippen LogP contribution in [0.2, 0.25) is 0 Å². The molecule has 0 spiro atoms. The van der Waals surface area contributed by atoms with Gasteiger partial charge in [0.05, 0.1) is 24.5 Å². The average molecular weight is 549 g/mol. The van der Waals surface area contributed by atoms with E-state index in [-0.39, 0.29) is 11.5 Å². The Morgan fingerprint density at radius 3 is 2.38 bits per heavy atom. The lowest BCUT2D eigenvalue weighted by Crippen LogP contribution is -2.40. The van der Waals surface area contributed by atoms with Gasteiger partial charge in [-0.25, -0.2) is 9.18 Å². The number of aryl methyl sites for hydroxylation is 1. The van der Waals surface area contributed by atoms with Gasteiger partial charge in [-0.2, -0.15) is 0 Å². The molecule has 8 heteroatoms. The van der Waals surface area contributed by atoms with Crippen LogP contribution in [0.15, 0.2) is 54.2 Å². The number of amides is 1. The topological polar surface area (TPSA) is 81.0 Å². The normalized spacial score (nSPS) is 14.8. The highest BCUT2D eigenvalue weighted by Gasteiger charge is 2.36. The second kappa shape index (κ2) is 11.8. The summed E-state index contributed by atoms with van der Waals surface area (Å²) in [5, 5.41) is 10.4. The van der Waals surface area contributed by atoms with Crippen molar-refractivity contribution in [1.29, 1.82) is 0 Å². The summed E-state index contributed by atoms with van der Waals surface area (Å²) in [7, 11) is 1.55. The molecule has 0 bridgehead atoms. The van der Waals surface area contributed by atoms with Crippen LogP contribution in [-0.4, -0.2) is 52.3 Å². The first-order valence-electron chi connectivity index (χ1n) is 13.3. The third-order valence-corrected chi connectivity index (χ3v) is 7.05. The number of likely N-dealkylation sites (N-methyl/N-ethyl adjacent to an activating group) is 1. The number of halogens is 1. The number of aliphatic carboxylic acids is 1. The van der Waals surface area contributed by atoms with E-state index in [0.29, 0.717) is 38.2 Å². The van der Waals surface area contributed by atoms with E-state index in [4.69, 9.17) is 9.47 Å². The quantitative estimate of drug-likeness (QED) is 0.358. The Balaban J connectivity index is 2.08. The number of aromatic nitrogens is 1. The predicted molar refractivity (Wildman–Crippen MR) is 151 cm³/mol. The Kier molecular flexibility index (Phi) is 8.61. The van der Waals surface area contributed by atoms with Crippen molar-refractivity contribution < 1.29 is 28.6 Å². The van der Waals surface area contributed by atoms with Gasteiger partial charge in [0.2, 0.25) is 6.41 Å². The van der Waals surface area contributed by atoms with Crippen molar-refractivity contribution in [2.45, 2.75) is 65.9 Å². The maximum Gasteiger partial charge on any atom is 0.339 e. The SMILES string of the molecule is Cc1ccc(/C(=C(\C(OC(C)(C)C)C(=O)O)N(C)C=O)c2c3c(n(Cc4ccc(F)cc4)c2C)CCOC3)cc1. The van der Waals surface area contributed by atoms with Crippen LogP contribution in [0.4, 0.5) is 4.39 Å². The van der Waals surface area contributed by atoms with Gasteiger partial charge in [0.15, 0.2) is 6.10 Å². The average Bonchev–Trinajstić information content (AvgIpc) is 3.17. The lowest BCUT2D eigenvalue weighted by molar-refractivity contribution is -0.157. The molecule has 2 heterocycles. The fourth-order valence-electron chi connectivity index (χ4n) is 5.23. The van der Waals surface area contributed by atoms with Crippen molar-refractivity contribution in [2.75, 3.05) is 13.7 Å². The van der Waals surface area contributed by atoms with Crippen LogP contribution >= 0.6 is 0 Å². The van der Waals surface area contributed by atoms with Crippen LogP contribution < -0.4 is 0 Å². The Bertz CT molecular complexity index is 1420. The number of nitrogens with zero attached hydrogens (tertiary/aromatic N) is 2. The first-order valence-corrected chi connectivity index (χ1v) is 13.3. The standard InChI is InChI=1S/C32H37FN2O5/c1-20-7-11-23(12-8-20)28(29(34(6)19-36)30(31(37)38)40-32(3,4)5)27-21(2)35(26-15-16-39-18-25(26)27)17-22-9-13-24(33)14-10-22/h7-14,19,30H,15-18H2,1-6H3,(H,37,38)/b29-28-. The molecule has 1 atom stereocenters. The smallest absolute Gasteiger partial charge is 0.339 e. The molecule has 7 nitrogen and oxygen atoms in total. The molecular weight excluding hydrogens is 511 g/mol. The van der Waals surface area contributed by atoms with Crippen molar-refractivity contribution in [1.82, 2.24) is 9.47 Å². The highest BCUT2D eigenvalue weighted by atomic mass is 19.1. The van der Waals surface area contributed by atoms with Crippen LogP contribution in [0.3, 0.4) is 0 Å². The first-order chi connectivity index (χ1) is 18.9. The highest BCUT2D eigenvalue weighted by molar-refractivity contribution is 5.91. The van der Waals surface area contributed by atoms with Gasteiger partial charge in [-0.15, -0.1) is 0 Å². The van der Waals surface area contributed by atoms with Gasteiger partial charge in [0.1, 0.15) is 5.82 Å². The summed E-state index contributed by atoms with van der Waals surface area (Å²) < 4.78 is 27.8. The lowest BCUT2D eigenvalue weighted by Gasteiger charge is -2.32. The molecule has 0 saturated heterocycles. The van der Waals surface area contributed by atoms with Crippen LogP contribution in [-0.2, 0) is 38.6 Å². The Labute approximate surface area is 234 Å². The van der Waals surface area contributed by atoms with E-state index >= 15 is 0 Å². The molecule has 1 amide bonds. The van der Waals surface area contributed by atoms with Crippen molar-refractivity contribution in [3.05, 3.63) is 99.3 Å². The predicted octanol–water partition coefficient (Wildman–Crippen LogP) is 5.48. The fraction of sp³-hybridized carbons (Fsp3) is 0.375. The van der Waals surface area contributed by atoms with E-state index in [1.54, 1.807) is 40.0 Å². The second-order valence-electron chi connectivity index (χ2n) is 11.2. The van der Waals surface area contributed by atoms with Gasteiger partial charge >= 0.3 is 5.97 Å². The van der Waals surface area contributed by atoms with Crippen molar-refractivity contribution in [2.24, 2.45) is 0 Å². The summed E-state index contributed by atoms with van der Waals surface area (Å²) in [6.45, 7) is 10.7. The van der Waals surface area contributed by atoms with Crippen molar-refractivity contribution in [3.63, 3.8) is 0 Å². The minimum absolute atomic E-state index is 0.233. The molecule has 212 valence electrons. The van der Waals surface area contributed by atoms with E-state index in [9.17, 15) is 19.1 Å². The van der Waals surface area contributed by atoms with Gasteiger partial charge in [0.25, 0.3) is 0 Å². The molecule has 1 N–H and O–H groups in total. The minimum Gasteiger partial charge on any atom is -0.479 e. The summed E-state index contributed by atoms with van der Waals surface area (Å²) in [5.41, 5.74) is 6.50. The molecule has 2 aromatic carbocycles. The number of fused-ring (bicyclic) bond motifs is 1. The number of hydrogen-bond acceptors (Lipinski definition) is 4. The molecule has 4 rings (SSSR count).